The maximum absolute atomic E-state index is 10.5. The van der Waals surface area contributed by atoms with Crippen molar-refractivity contribution in [3.63, 3.8) is 0 Å². The molecule has 2 heteroatoms. The molecule has 2 atom stereocenters. The van der Waals surface area contributed by atoms with E-state index >= 15 is 0 Å². The second-order valence-corrected chi connectivity index (χ2v) is 6.11. The Kier molecular flexibility index (Phi) is 3.09. The van der Waals surface area contributed by atoms with Gasteiger partial charge in [0, 0.05) is 18.6 Å². The molecule has 1 saturated carbocycles. The number of aliphatic hydroxyl groups is 1. The Balaban J connectivity index is 1.87. The molecule has 2 nitrogen and oxygen atoms in total. The summed E-state index contributed by atoms with van der Waals surface area (Å²) in [6.07, 6.45) is 5.82. The second-order valence-electron chi connectivity index (χ2n) is 6.11. The number of β-amino-alcohol motifs (C(OH)–C–C–N with tert-alkyl or cyclic N) is 1. The molecular formula is C13H25NO. The molecular weight excluding hydrogens is 186 g/mol. The van der Waals surface area contributed by atoms with Gasteiger partial charge >= 0.3 is 0 Å². The lowest BCUT2D eigenvalue weighted by atomic mass is 9.91. The van der Waals surface area contributed by atoms with Crippen LogP contribution in [0.2, 0.25) is 0 Å². The second kappa shape index (κ2) is 4.06. The first-order valence-corrected chi connectivity index (χ1v) is 6.48. The molecule has 0 amide bonds. The van der Waals surface area contributed by atoms with Crippen LogP contribution in [0.4, 0.5) is 0 Å². The molecule has 0 spiro atoms. The molecule has 0 bridgehead atoms. The Morgan fingerprint density at radius 3 is 2.60 bits per heavy atom. The lowest BCUT2D eigenvalue weighted by Gasteiger charge is -2.24. The van der Waals surface area contributed by atoms with Crippen LogP contribution in [-0.2, 0) is 0 Å². The minimum absolute atomic E-state index is 0.383. The highest BCUT2D eigenvalue weighted by molar-refractivity contribution is 5.00. The molecule has 2 aliphatic rings. The Morgan fingerprint density at radius 1 is 1.40 bits per heavy atom. The van der Waals surface area contributed by atoms with Crippen molar-refractivity contribution in [1.82, 2.24) is 4.90 Å². The molecule has 1 N–H and O–H groups in total. The van der Waals surface area contributed by atoms with Crippen LogP contribution >= 0.6 is 0 Å². The fourth-order valence-corrected chi connectivity index (χ4v) is 2.86. The summed E-state index contributed by atoms with van der Waals surface area (Å²) >= 11 is 0. The maximum atomic E-state index is 10.5. The van der Waals surface area contributed by atoms with E-state index in [2.05, 4.69) is 25.7 Å². The number of nitrogens with zero attached hydrogens (tertiary/aromatic N) is 1. The van der Waals surface area contributed by atoms with Crippen molar-refractivity contribution in [2.45, 2.75) is 70.6 Å². The van der Waals surface area contributed by atoms with Crippen LogP contribution in [0.25, 0.3) is 0 Å². The van der Waals surface area contributed by atoms with Crippen molar-refractivity contribution in [3.05, 3.63) is 0 Å². The van der Waals surface area contributed by atoms with E-state index in [0.717, 1.165) is 31.8 Å². The minimum atomic E-state index is -0.383. The highest BCUT2D eigenvalue weighted by Crippen LogP contribution is 2.39. The first-order valence-electron chi connectivity index (χ1n) is 6.48. The van der Waals surface area contributed by atoms with Gasteiger partial charge in [-0.2, -0.15) is 0 Å². The van der Waals surface area contributed by atoms with Gasteiger partial charge in [0.15, 0.2) is 0 Å². The highest BCUT2D eigenvalue weighted by Gasteiger charge is 2.45. The van der Waals surface area contributed by atoms with Crippen LogP contribution in [0.15, 0.2) is 0 Å². The van der Waals surface area contributed by atoms with Crippen molar-refractivity contribution < 1.29 is 5.11 Å². The third-order valence-electron chi connectivity index (χ3n) is 3.92. The molecule has 1 aliphatic carbocycles. The predicted octanol–water partition coefficient (Wildman–Crippen LogP) is 2.41. The van der Waals surface area contributed by atoms with E-state index in [1.807, 2.05) is 0 Å². The van der Waals surface area contributed by atoms with Gasteiger partial charge in [0.2, 0.25) is 0 Å². The first-order chi connectivity index (χ1) is 7.00. The van der Waals surface area contributed by atoms with E-state index in [9.17, 15) is 5.11 Å². The third kappa shape index (κ3) is 2.73. The number of hydrogen-bond donors (Lipinski definition) is 1. The molecule has 0 radical (unpaired) electrons. The fourth-order valence-electron chi connectivity index (χ4n) is 2.86. The van der Waals surface area contributed by atoms with Crippen LogP contribution in [-0.4, -0.2) is 34.2 Å². The lowest BCUT2D eigenvalue weighted by Crippen LogP contribution is -2.35. The van der Waals surface area contributed by atoms with Crippen LogP contribution in [0.1, 0.15) is 52.9 Å². The molecule has 1 saturated heterocycles. The molecule has 1 aliphatic heterocycles. The summed E-state index contributed by atoms with van der Waals surface area (Å²) in [7, 11) is 0. The fraction of sp³-hybridized carbons (Fsp3) is 1.00. The Morgan fingerprint density at radius 2 is 2.07 bits per heavy atom. The van der Waals surface area contributed by atoms with E-state index in [4.69, 9.17) is 0 Å². The number of rotatable bonds is 4. The summed E-state index contributed by atoms with van der Waals surface area (Å²) in [5.74, 6) is 0.708. The van der Waals surface area contributed by atoms with E-state index < -0.39 is 0 Å². The van der Waals surface area contributed by atoms with Gasteiger partial charge in [-0.3, -0.25) is 4.90 Å². The van der Waals surface area contributed by atoms with E-state index in [0.29, 0.717) is 12.0 Å². The highest BCUT2D eigenvalue weighted by atomic mass is 16.3. The van der Waals surface area contributed by atoms with E-state index in [1.165, 1.54) is 12.8 Å². The van der Waals surface area contributed by atoms with Gasteiger partial charge in [0.25, 0.3) is 0 Å². The molecule has 0 aromatic carbocycles. The first kappa shape index (κ1) is 11.4. The third-order valence-corrected chi connectivity index (χ3v) is 3.92. The summed E-state index contributed by atoms with van der Waals surface area (Å²) in [5.41, 5.74) is -0.383. The van der Waals surface area contributed by atoms with Gasteiger partial charge in [-0.05, 0) is 44.9 Å². The average Bonchev–Trinajstić information content (AvgIpc) is 2.91. The van der Waals surface area contributed by atoms with Crippen LogP contribution in [0.5, 0.6) is 0 Å². The smallest absolute Gasteiger partial charge is 0.0789 e. The quantitative estimate of drug-likeness (QED) is 0.772. The molecule has 0 aromatic rings. The topological polar surface area (TPSA) is 23.5 Å². The van der Waals surface area contributed by atoms with Gasteiger partial charge in [-0.15, -0.1) is 0 Å². The summed E-state index contributed by atoms with van der Waals surface area (Å²) in [4.78, 5) is 2.53. The molecule has 2 rings (SSSR count). The minimum Gasteiger partial charge on any atom is -0.388 e. The average molecular weight is 211 g/mol. The predicted molar refractivity (Wildman–Crippen MR) is 62.8 cm³/mol. The zero-order valence-corrected chi connectivity index (χ0v) is 10.4. The molecule has 2 fully saturated rings. The van der Waals surface area contributed by atoms with Crippen LogP contribution < -0.4 is 0 Å². The monoisotopic (exact) mass is 211 g/mol. The Hall–Kier alpha value is -0.0800. The Bertz CT molecular complexity index is 225. The van der Waals surface area contributed by atoms with Crippen LogP contribution in [0, 0.1) is 5.92 Å². The van der Waals surface area contributed by atoms with Crippen molar-refractivity contribution in [2.75, 3.05) is 6.54 Å². The zero-order chi connectivity index (χ0) is 11.1. The van der Waals surface area contributed by atoms with E-state index in [-0.39, 0.29) is 5.60 Å². The molecule has 1 heterocycles. The van der Waals surface area contributed by atoms with Crippen molar-refractivity contribution in [1.29, 1.82) is 0 Å². The summed E-state index contributed by atoms with van der Waals surface area (Å²) < 4.78 is 0. The number of hydrogen-bond acceptors (Lipinski definition) is 2. The van der Waals surface area contributed by atoms with Crippen molar-refractivity contribution >= 4 is 0 Å². The summed E-state index contributed by atoms with van der Waals surface area (Å²) in [5, 5.41) is 10.5. The van der Waals surface area contributed by atoms with Gasteiger partial charge in [0.05, 0.1) is 5.60 Å². The van der Waals surface area contributed by atoms with Gasteiger partial charge in [0.1, 0.15) is 0 Å². The maximum Gasteiger partial charge on any atom is 0.0789 e. The van der Waals surface area contributed by atoms with Gasteiger partial charge in [-0.1, -0.05) is 13.8 Å². The molecule has 15 heavy (non-hydrogen) atoms. The number of likely N-dealkylation sites (tertiary alicyclic amines) is 1. The Labute approximate surface area is 93.7 Å². The van der Waals surface area contributed by atoms with Crippen molar-refractivity contribution in [2.24, 2.45) is 5.92 Å². The lowest BCUT2D eigenvalue weighted by molar-refractivity contribution is 0.0346. The van der Waals surface area contributed by atoms with Crippen LogP contribution in [0.3, 0.4) is 0 Å². The largest absolute Gasteiger partial charge is 0.388 e. The molecule has 0 aromatic heterocycles. The molecule has 88 valence electrons. The van der Waals surface area contributed by atoms with Gasteiger partial charge in [-0.25, -0.2) is 0 Å². The summed E-state index contributed by atoms with van der Waals surface area (Å²) in [6.45, 7) is 7.66. The zero-order valence-electron chi connectivity index (χ0n) is 10.4. The van der Waals surface area contributed by atoms with Gasteiger partial charge < -0.3 is 5.11 Å². The summed E-state index contributed by atoms with van der Waals surface area (Å²) in [6, 6.07) is 1.39. The van der Waals surface area contributed by atoms with Crippen molar-refractivity contribution in [3.8, 4) is 0 Å². The molecule has 2 unspecified atom stereocenters. The van der Waals surface area contributed by atoms with E-state index in [1.54, 1.807) is 0 Å². The standard InChI is InChI=1S/C13H25NO/c1-10(2)6-7-13(15)8-11(3)14(9-13)12-4-5-12/h10-12,15H,4-9H2,1-3H3. The normalized spacial score (nSPS) is 37.8. The SMILES string of the molecule is CC(C)CCC1(O)CC(C)N(C2CC2)C1.